The van der Waals surface area contributed by atoms with Crippen molar-refractivity contribution in [3.8, 4) is 22.5 Å². The minimum absolute atomic E-state index is 0.241. The number of hydrogen-bond donors (Lipinski definition) is 0. The Hall–Kier alpha value is -3.86. The first-order valence-electron chi connectivity index (χ1n) is 18.8. The van der Waals surface area contributed by atoms with Crippen molar-refractivity contribution in [2.24, 2.45) is 0 Å². The molecule has 0 N–H and O–H groups in total. The van der Waals surface area contributed by atoms with Crippen molar-refractivity contribution in [2.75, 3.05) is 62.2 Å². The van der Waals surface area contributed by atoms with E-state index >= 15 is 0 Å². The third kappa shape index (κ3) is 9.14. The van der Waals surface area contributed by atoms with Crippen LogP contribution in [0, 0.1) is 27.7 Å². The fourth-order valence-corrected chi connectivity index (χ4v) is 12.3. The van der Waals surface area contributed by atoms with E-state index in [0.717, 1.165) is 27.2 Å². The maximum atomic E-state index is 12.9. The molecule has 0 radical (unpaired) electrons. The SMILES string of the molecule is Cc1cccc(-c2csc(N3CCN(S(=O)(=O)c4cccc(Cl)c4)CC3)n2)c1C.Cc1cccc(C)c1-c1csc(N2CCN(S(=O)(=O)c3cccc(Cl)c3)CC2)n1. The van der Waals surface area contributed by atoms with Gasteiger partial charge in [-0.25, -0.2) is 26.8 Å². The van der Waals surface area contributed by atoms with E-state index in [2.05, 4.69) is 84.7 Å². The minimum Gasteiger partial charge on any atom is -0.345 e. The van der Waals surface area contributed by atoms with E-state index < -0.39 is 20.0 Å². The molecule has 4 aromatic carbocycles. The number of sulfonamides is 2. The van der Waals surface area contributed by atoms with Crippen LogP contribution in [0.15, 0.2) is 105 Å². The summed E-state index contributed by atoms with van der Waals surface area (Å²) < 4.78 is 54.6. The third-order valence-electron chi connectivity index (χ3n) is 10.5. The number of aryl methyl sites for hydroxylation is 3. The van der Waals surface area contributed by atoms with Gasteiger partial charge in [0.15, 0.2) is 10.3 Å². The molecule has 10 nitrogen and oxygen atoms in total. The first-order chi connectivity index (χ1) is 27.7. The molecule has 0 spiro atoms. The Morgan fingerprint density at radius 3 is 1.43 bits per heavy atom. The molecule has 58 heavy (non-hydrogen) atoms. The first kappa shape index (κ1) is 42.3. The molecule has 2 aliphatic rings. The number of hydrogen-bond acceptors (Lipinski definition) is 10. The molecule has 0 aliphatic carbocycles. The number of rotatable bonds is 8. The first-order valence-corrected chi connectivity index (χ1v) is 24.2. The highest BCUT2D eigenvalue weighted by Gasteiger charge is 2.31. The third-order valence-corrected chi connectivity index (χ3v) is 16.6. The highest BCUT2D eigenvalue weighted by molar-refractivity contribution is 7.89. The van der Waals surface area contributed by atoms with Crippen molar-refractivity contribution in [1.29, 1.82) is 0 Å². The molecule has 6 aromatic rings. The van der Waals surface area contributed by atoms with Crippen molar-refractivity contribution in [2.45, 2.75) is 37.5 Å². The summed E-state index contributed by atoms with van der Waals surface area (Å²) in [7, 11) is -7.07. The average molecular weight is 896 g/mol. The van der Waals surface area contributed by atoms with Crippen LogP contribution in [0.5, 0.6) is 0 Å². The average Bonchev–Trinajstić information content (AvgIpc) is 3.91. The van der Waals surface area contributed by atoms with Gasteiger partial charge in [0.1, 0.15) is 0 Å². The summed E-state index contributed by atoms with van der Waals surface area (Å²) in [6, 6.07) is 25.4. The van der Waals surface area contributed by atoms with Gasteiger partial charge in [0.2, 0.25) is 20.0 Å². The Morgan fingerprint density at radius 2 is 0.948 bits per heavy atom. The predicted octanol–water partition coefficient (Wildman–Crippen LogP) is 9.18. The molecule has 2 aliphatic heterocycles. The topological polar surface area (TPSA) is 107 Å². The highest BCUT2D eigenvalue weighted by Crippen LogP contribution is 2.34. The van der Waals surface area contributed by atoms with Gasteiger partial charge in [-0.15, -0.1) is 22.7 Å². The van der Waals surface area contributed by atoms with E-state index in [1.165, 1.54) is 48.6 Å². The molecule has 16 heteroatoms. The monoisotopic (exact) mass is 894 g/mol. The van der Waals surface area contributed by atoms with Crippen LogP contribution in [-0.4, -0.2) is 87.8 Å². The van der Waals surface area contributed by atoms with Gasteiger partial charge in [-0.2, -0.15) is 8.61 Å². The Bertz CT molecular complexity index is 2610. The maximum absolute atomic E-state index is 12.9. The number of piperazine rings is 2. The standard InChI is InChI=1S/2C21H22ClN3O2S2/c1-15-5-3-8-19(16(15)2)20-14-28-21(23-20)24-9-11-25(12-10-24)29(26,27)18-7-4-6-17(22)13-18;1-15-5-3-6-16(2)20(15)19-14-28-21(23-19)24-9-11-25(12-10-24)29(26,27)18-8-4-7-17(22)13-18/h2*3-8,13-14H,9-12H2,1-2H3. The van der Waals surface area contributed by atoms with Gasteiger partial charge in [-0.3, -0.25) is 0 Å². The van der Waals surface area contributed by atoms with Gasteiger partial charge >= 0.3 is 0 Å². The van der Waals surface area contributed by atoms with E-state index in [1.54, 1.807) is 59.1 Å². The second-order valence-corrected chi connectivity index (χ2v) is 20.7. The summed E-state index contributed by atoms with van der Waals surface area (Å²) in [6.07, 6.45) is 0. The van der Waals surface area contributed by atoms with Gasteiger partial charge in [0.25, 0.3) is 0 Å². The van der Waals surface area contributed by atoms with Crippen LogP contribution < -0.4 is 9.80 Å². The van der Waals surface area contributed by atoms with E-state index in [9.17, 15) is 16.8 Å². The summed E-state index contributed by atoms with van der Waals surface area (Å²) >= 11 is 15.1. The molecule has 2 aromatic heterocycles. The zero-order chi connectivity index (χ0) is 41.2. The van der Waals surface area contributed by atoms with Crippen molar-refractivity contribution in [3.63, 3.8) is 0 Å². The normalized spacial score (nSPS) is 15.6. The van der Waals surface area contributed by atoms with Crippen molar-refractivity contribution >= 4 is 76.2 Å². The second kappa shape index (κ2) is 17.8. The summed E-state index contributed by atoms with van der Waals surface area (Å²) in [5.41, 5.74) is 9.18. The lowest BCUT2D eigenvalue weighted by Gasteiger charge is -2.33. The highest BCUT2D eigenvalue weighted by atomic mass is 35.5. The van der Waals surface area contributed by atoms with Gasteiger partial charge in [0.05, 0.1) is 21.2 Å². The number of halogens is 2. The Kier molecular flexibility index (Phi) is 13.0. The molecule has 0 saturated carbocycles. The summed E-state index contributed by atoms with van der Waals surface area (Å²) in [5.74, 6) is 0. The zero-order valence-electron chi connectivity index (χ0n) is 32.6. The van der Waals surface area contributed by atoms with E-state index in [4.69, 9.17) is 33.2 Å². The lowest BCUT2D eigenvalue weighted by molar-refractivity contribution is 0.384. The van der Waals surface area contributed by atoms with Crippen LogP contribution in [0.3, 0.4) is 0 Å². The quantitative estimate of drug-likeness (QED) is 0.149. The number of anilines is 2. The Balaban J connectivity index is 0.000000177. The smallest absolute Gasteiger partial charge is 0.243 e. The fourth-order valence-electron chi connectivity index (χ4n) is 7.10. The van der Waals surface area contributed by atoms with E-state index in [-0.39, 0.29) is 9.79 Å². The van der Waals surface area contributed by atoms with Crippen LogP contribution >= 0.6 is 45.9 Å². The second-order valence-electron chi connectivity index (χ2n) is 14.2. The fraction of sp³-hybridized carbons (Fsp3) is 0.286. The van der Waals surface area contributed by atoms with Crippen LogP contribution in [0.2, 0.25) is 10.0 Å². The maximum Gasteiger partial charge on any atom is 0.243 e. The summed E-state index contributed by atoms with van der Waals surface area (Å²) in [4.78, 5) is 14.5. The zero-order valence-corrected chi connectivity index (χ0v) is 37.4. The molecule has 0 amide bonds. The van der Waals surface area contributed by atoms with Crippen molar-refractivity contribution in [3.05, 3.63) is 128 Å². The molecule has 304 valence electrons. The molecule has 2 saturated heterocycles. The molecule has 8 rings (SSSR count). The van der Waals surface area contributed by atoms with Crippen molar-refractivity contribution < 1.29 is 16.8 Å². The van der Waals surface area contributed by atoms with Gasteiger partial charge in [-0.1, -0.05) is 71.7 Å². The van der Waals surface area contributed by atoms with Gasteiger partial charge in [-0.05, 0) is 86.3 Å². The van der Waals surface area contributed by atoms with Crippen LogP contribution in [0.4, 0.5) is 10.3 Å². The van der Waals surface area contributed by atoms with E-state index in [0.29, 0.717) is 62.4 Å². The largest absolute Gasteiger partial charge is 0.345 e. The Morgan fingerprint density at radius 1 is 0.534 bits per heavy atom. The number of benzene rings is 4. The molecule has 4 heterocycles. The van der Waals surface area contributed by atoms with Crippen molar-refractivity contribution in [1.82, 2.24) is 18.6 Å². The number of aromatic nitrogens is 2. The van der Waals surface area contributed by atoms with E-state index in [1.807, 2.05) is 0 Å². The number of nitrogens with zero attached hydrogens (tertiary/aromatic N) is 6. The van der Waals surface area contributed by atoms with Gasteiger partial charge in [0, 0.05) is 84.3 Å². The Labute approximate surface area is 359 Å². The number of thiazole rings is 2. The molecule has 0 atom stereocenters. The molecular formula is C42H44Cl2N6O4S4. The molecule has 0 unspecified atom stereocenters. The van der Waals surface area contributed by atoms with Crippen LogP contribution in [0.1, 0.15) is 22.3 Å². The predicted molar refractivity (Wildman–Crippen MR) is 239 cm³/mol. The van der Waals surface area contributed by atoms with Crippen LogP contribution in [0.25, 0.3) is 22.5 Å². The lowest BCUT2D eigenvalue weighted by atomic mass is 10.0. The minimum atomic E-state index is -3.53. The summed E-state index contributed by atoms with van der Waals surface area (Å²) in [5, 5.41) is 6.87. The molecule has 2 fully saturated rings. The van der Waals surface area contributed by atoms with Crippen LogP contribution in [-0.2, 0) is 20.0 Å². The summed E-state index contributed by atoms with van der Waals surface area (Å²) in [6.45, 7) is 12.6. The lowest BCUT2D eigenvalue weighted by Crippen LogP contribution is -2.48. The van der Waals surface area contributed by atoms with Gasteiger partial charge < -0.3 is 9.80 Å². The molecule has 0 bridgehead atoms. The molecular weight excluding hydrogens is 852 g/mol.